The van der Waals surface area contributed by atoms with E-state index in [0.29, 0.717) is 11.3 Å². The molecule has 0 spiro atoms. The van der Waals surface area contributed by atoms with Gasteiger partial charge in [0.15, 0.2) is 11.9 Å². The summed E-state index contributed by atoms with van der Waals surface area (Å²) in [6.45, 7) is -0.378. The maximum absolute atomic E-state index is 10.2. The normalized spacial score (nSPS) is 28.9. The average Bonchev–Trinajstić information content (AvgIpc) is 3.17. The van der Waals surface area contributed by atoms with E-state index in [-0.39, 0.29) is 6.61 Å². The summed E-state index contributed by atoms with van der Waals surface area (Å²) in [4.78, 5) is 4.30. The molecule has 1 aliphatic rings. The fraction of sp³-hybridized carbons (Fsp3) is 0.455. The quantitative estimate of drug-likeness (QED) is 0.438. The van der Waals surface area contributed by atoms with Crippen molar-refractivity contribution < 1.29 is 20.1 Å². The molecule has 0 aliphatic carbocycles. The van der Waals surface area contributed by atoms with Crippen LogP contribution in [0.15, 0.2) is 12.5 Å². The summed E-state index contributed by atoms with van der Waals surface area (Å²) in [6.07, 6.45) is -0.808. The maximum atomic E-state index is 10.2. The highest BCUT2D eigenvalue weighted by Crippen LogP contribution is 2.34. The van der Waals surface area contributed by atoms with Gasteiger partial charge >= 0.3 is 0 Å². The number of aliphatic hydroxyl groups excluding tert-OH is 3. The number of halogens is 1. The molecule has 0 bridgehead atoms. The van der Waals surface area contributed by atoms with Crippen LogP contribution in [-0.2, 0) is 4.74 Å². The molecule has 1 fully saturated rings. The smallest absolute Gasteiger partial charge is 0.193 e. The van der Waals surface area contributed by atoms with E-state index in [0.717, 1.165) is 8.96 Å². The summed E-state index contributed by atoms with van der Waals surface area (Å²) in [5.41, 5.74) is 1.07. The molecule has 0 amide bonds. The van der Waals surface area contributed by atoms with Crippen molar-refractivity contribution in [1.82, 2.24) is 29.6 Å². The van der Waals surface area contributed by atoms with Gasteiger partial charge in [-0.1, -0.05) is 0 Å². The van der Waals surface area contributed by atoms with E-state index >= 15 is 0 Å². The van der Waals surface area contributed by atoms with Crippen LogP contribution in [0.25, 0.3) is 16.7 Å². The summed E-state index contributed by atoms with van der Waals surface area (Å²) in [6, 6.07) is 0. The summed E-state index contributed by atoms with van der Waals surface area (Å²) >= 11 is 2.12. The number of aromatic nitrogens is 6. The second kappa shape index (κ2) is 5.06. The molecule has 4 rings (SSSR count). The number of aliphatic hydroxyl groups is 3. The fourth-order valence-corrected chi connectivity index (χ4v) is 3.45. The van der Waals surface area contributed by atoms with Crippen LogP contribution < -0.4 is 0 Å². The number of rotatable bonds is 2. The van der Waals surface area contributed by atoms with Crippen LogP contribution in [0.1, 0.15) is 6.23 Å². The minimum absolute atomic E-state index is 0.378. The zero-order chi connectivity index (χ0) is 15.4. The Bertz CT molecular complexity index is 850. The third-order valence-electron chi connectivity index (χ3n) is 3.76. The number of hydrogen-bond acceptors (Lipinski definition) is 8. The molecule has 1 saturated heterocycles. The van der Waals surface area contributed by atoms with Crippen molar-refractivity contribution in [1.29, 1.82) is 0 Å². The van der Waals surface area contributed by atoms with Crippen LogP contribution in [-0.4, -0.2) is 69.8 Å². The lowest BCUT2D eigenvalue weighted by Gasteiger charge is -2.17. The molecule has 0 radical (unpaired) electrons. The van der Waals surface area contributed by atoms with Crippen LogP contribution >= 0.6 is 22.6 Å². The van der Waals surface area contributed by atoms with Crippen LogP contribution in [0.3, 0.4) is 0 Å². The number of fused-ring (bicyclic) bond motifs is 3. The third kappa shape index (κ3) is 1.86. The van der Waals surface area contributed by atoms with Crippen LogP contribution in [0.5, 0.6) is 0 Å². The number of hydrogen-bond donors (Lipinski definition) is 3. The first kappa shape index (κ1) is 14.2. The number of nitrogens with zero attached hydrogens (tertiary/aromatic N) is 6. The molecule has 0 unspecified atom stereocenters. The van der Waals surface area contributed by atoms with Crippen molar-refractivity contribution in [2.75, 3.05) is 6.61 Å². The maximum Gasteiger partial charge on any atom is 0.193 e. The summed E-state index contributed by atoms with van der Waals surface area (Å²) in [5, 5.41) is 41.4. The Kier molecular flexibility index (Phi) is 3.26. The van der Waals surface area contributed by atoms with Crippen molar-refractivity contribution >= 4 is 39.3 Å². The minimum atomic E-state index is -1.17. The first-order valence-electron chi connectivity index (χ1n) is 6.47. The molecule has 116 valence electrons. The molecule has 1 aliphatic heterocycles. The Balaban J connectivity index is 1.89. The predicted molar refractivity (Wildman–Crippen MR) is 79.8 cm³/mol. The van der Waals surface area contributed by atoms with Gasteiger partial charge in [0.25, 0.3) is 0 Å². The van der Waals surface area contributed by atoms with Gasteiger partial charge in [0.05, 0.1) is 12.0 Å². The van der Waals surface area contributed by atoms with Crippen LogP contribution in [0.2, 0.25) is 0 Å². The Morgan fingerprint density at radius 1 is 1.27 bits per heavy atom. The third-order valence-corrected chi connectivity index (χ3v) is 4.57. The number of ether oxygens (including phenoxy) is 1. The molecular formula is C11H11IN6O4. The molecule has 3 aromatic heterocycles. The highest BCUT2D eigenvalue weighted by atomic mass is 127. The standard InChI is InChI=1S/C11H11IN6O4/c12-4-1-17(11-8(21)7(20)5(2-19)22-11)9-6(4)10-14-15-16-18(10)3-13-9/h1,3,5,7-8,11,19-21H,2H2/t5-,7-,8-,11-/m1/s1. The molecule has 0 aromatic carbocycles. The van der Waals surface area contributed by atoms with Crippen molar-refractivity contribution in [3.8, 4) is 0 Å². The molecule has 4 atom stereocenters. The van der Waals surface area contributed by atoms with Gasteiger partial charge in [-0.3, -0.25) is 0 Å². The lowest BCUT2D eigenvalue weighted by molar-refractivity contribution is -0.0509. The first-order valence-corrected chi connectivity index (χ1v) is 7.55. The monoisotopic (exact) mass is 418 g/mol. The van der Waals surface area contributed by atoms with Crippen molar-refractivity contribution in [2.24, 2.45) is 0 Å². The van der Waals surface area contributed by atoms with E-state index in [1.165, 1.54) is 10.8 Å². The zero-order valence-electron chi connectivity index (χ0n) is 11.0. The minimum Gasteiger partial charge on any atom is -0.394 e. The Hall–Kier alpha value is -1.41. The van der Waals surface area contributed by atoms with Gasteiger partial charge in [-0.05, 0) is 33.0 Å². The van der Waals surface area contributed by atoms with E-state index in [2.05, 4.69) is 43.1 Å². The predicted octanol–water partition coefficient (Wildman–Crippen LogP) is -1.31. The van der Waals surface area contributed by atoms with Gasteiger partial charge in [-0.25, -0.2) is 4.98 Å². The molecule has 22 heavy (non-hydrogen) atoms. The Labute approximate surface area is 136 Å². The zero-order valence-corrected chi connectivity index (χ0v) is 13.1. The SMILES string of the molecule is OC[C@H]1O[C@@H](n2cc(I)c3c2ncn2nnnc32)[C@H](O)[C@@H]1O. The highest BCUT2D eigenvalue weighted by molar-refractivity contribution is 14.1. The molecule has 0 saturated carbocycles. The molecule has 4 heterocycles. The highest BCUT2D eigenvalue weighted by Gasteiger charge is 2.44. The topological polar surface area (TPSA) is 131 Å². The average molecular weight is 418 g/mol. The molecule has 3 aromatic rings. The number of tetrazole rings is 1. The lowest BCUT2D eigenvalue weighted by atomic mass is 10.1. The first-order chi connectivity index (χ1) is 10.6. The van der Waals surface area contributed by atoms with Crippen LogP contribution in [0.4, 0.5) is 0 Å². The van der Waals surface area contributed by atoms with E-state index in [4.69, 9.17) is 4.74 Å². The molecular weight excluding hydrogens is 407 g/mol. The lowest BCUT2D eigenvalue weighted by Crippen LogP contribution is -2.33. The van der Waals surface area contributed by atoms with Gasteiger partial charge < -0.3 is 24.6 Å². The Morgan fingerprint density at radius 2 is 2.09 bits per heavy atom. The van der Waals surface area contributed by atoms with Gasteiger partial charge in [-0.15, -0.1) is 5.10 Å². The van der Waals surface area contributed by atoms with Crippen molar-refractivity contribution in [3.05, 3.63) is 16.1 Å². The van der Waals surface area contributed by atoms with Gasteiger partial charge in [0.2, 0.25) is 0 Å². The molecule has 11 heteroatoms. The fourth-order valence-electron chi connectivity index (χ4n) is 2.67. The van der Waals surface area contributed by atoms with Crippen LogP contribution in [0, 0.1) is 3.57 Å². The van der Waals surface area contributed by atoms with E-state index in [1.807, 2.05) is 0 Å². The molecule has 3 N–H and O–H groups in total. The second-order valence-electron chi connectivity index (χ2n) is 5.00. The molecule has 10 nitrogen and oxygen atoms in total. The summed E-state index contributed by atoms with van der Waals surface area (Å²) in [7, 11) is 0. The Morgan fingerprint density at radius 3 is 2.82 bits per heavy atom. The van der Waals surface area contributed by atoms with Crippen molar-refractivity contribution in [2.45, 2.75) is 24.5 Å². The van der Waals surface area contributed by atoms with Gasteiger partial charge in [-0.2, -0.15) is 4.52 Å². The van der Waals surface area contributed by atoms with E-state index in [1.54, 1.807) is 10.8 Å². The second-order valence-corrected chi connectivity index (χ2v) is 6.17. The van der Waals surface area contributed by atoms with E-state index < -0.39 is 24.5 Å². The summed E-state index contributed by atoms with van der Waals surface area (Å²) in [5.74, 6) is 0. The summed E-state index contributed by atoms with van der Waals surface area (Å²) < 4.78 is 9.45. The van der Waals surface area contributed by atoms with Crippen molar-refractivity contribution in [3.63, 3.8) is 0 Å². The van der Waals surface area contributed by atoms with E-state index in [9.17, 15) is 15.3 Å². The van der Waals surface area contributed by atoms with Gasteiger partial charge in [0, 0.05) is 9.77 Å². The largest absolute Gasteiger partial charge is 0.394 e. The van der Waals surface area contributed by atoms with Gasteiger partial charge in [0.1, 0.15) is 30.3 Å².